The third-order valence-corrected chi connectivity index (χ3v) is 3.86. The van der Waals surface area contributed by atoms with E-state index in [1.807, 2.05) is 0 Å². The molecule has 1 atom stereocenters. The van der Waals surface area contributed by atoms with E-state index in [9.17, 15) is 13.2 Å². The van der Waals surface area contributed by atoms with E-state index in [0.29, 0.717) is 6.42 Å². The highest BCUT2D eigenvalue weighted by molar-refractivity contribution is 7.91. The number of nitrogens with zero attached hydrogens (tertiary/aromatic N) is 1. The Bertz CT molecular complexity index is 376. The Morgan fingerprint density at radius 2 is 2.00 bits per heavy atom. The molecule has 0 saturated carbocycles. The van der Waals surface area contributed by atoms with Crippen LogP contribution in [0.15, 0.2) is 0 Å². The van der Waals surface area contributed by atoms with Crippen LogP contribution in [0.3, 0.4) is 0 Å². The lowest BCUT2D eigenvalue weighted by Crippen LogP contribution is -2.45. The van der Waals surface area contributed by atoms with Gasteiger partial charge in [-0.05, 0) is 27.2 Å². The van der Waals surface area contributed by atoms with Crippen LogP contribution in [0.5, 0.6) is 0 Å². The van der Waals surface area contributed by atoms with Gasteiger partial charge in [0.15, 0.2) is 9.84 Å². The minimum Gasteiger partial charge on any atom is -0.442 e. The van der Waals surface area contributed by atoms with Crippen LogP contribution >= 0.6 is 0 Å². The molecular formula is C10H19NO5S. The SMILES string of the molecule is CC(C)(C)OC(=O)N1CCC(S(C)(=O)=O)CO1. The number of hydroxylamine groups is 2. The van der Waals surface area contributed by atoms with Gasteiger partial charge in [-0.25, -0.2) is 13.2 Å². The lowest BCUT2D eigenvalue weighted by atomic mass is 10.2. The van der Waals surface area contributed by atoms with Gasteiger partial charge in [0.05, 0.1) is 18.4 Å². The summed E-state index contributed by atoms with van der Waals surface area (Å²) in [5, 5.41) is 0.536. The summed E-state index contributed by atoms with van der Waals surface area (Å²) >= 11 is 0. The van der Waals surface area contributed by atoms with Gasteiger partial charge in [-0.2, -0.15) is 5.06 Å². The first-order valence-corrected chi connectivity index (χ1v) is 7.37. The van der Waals surface area contributed by atoms with Gasteiger partial charge >= 0.3 is 6.09 Å². The minimum atomic E-state index is -3.11. The van der Waals surface area contributed by atoms with Crippen molar-refractivity contribution >= 4 is 15.9 Å². The van der Waals surface area contributed by atoms with Crippen LogP contribution in [-0.2, 0) is 19.4 Å². The number of hydrogen-bond acceptors (Lipinski definition) is 5. The molecule has 1 rings (SSSR count). The molecule has 1 saturated heterocycles. The van der Waals surface area contributed by atoms with Crippen LogP contribution in [0.2, 0.25) is 0 Å². The van der Waals surface area contributed by atoms with Crippen molar-refractivity contribution < 1.29 is 22.8 Å². The summed E-state index contributed by atoms with van der Waals surface area (Å²) in [7, 11) is -3.11. The molecular weight excluding hydrogens is 246 g/mol. The third kappa shape index (κ3) is 4.51. The standard InChI is InChI=1S/C10H19NO5S/c1-10(2,3)16-9(12)11-6-5-8(7-15-11)17(4,13)14/h8H,5-7H2,1-4H3. The first-order chi connectivity index (χ1) is 7.59. The maximum Gasteiger partial charge on any atom is 0.434 e. The molecule has 0 aliphatic carbocycles. The summed E-state index contributed by atoms with van der Waals surface area (Å²) in [5.41, 5.74) is -0.589. The van der Waals surface area contributed by atoms with E-state index < -0.39 is 26.8 Å². The Balaban J connectivity index is 2.50. The molecule has 0 N–H and O–H groups in total. The average molecular weight is 265 g/mol. The molecule has 1 aliphatic rings. The van der Waals surface area contributed by atoms with Gasteiger partial charge in [0.2, 0.25) is 0 Å². The smallest absolute Gasteiger partial charge is 0.434 e. The molecule has 1 aliphatic heterocycles. The van der Waals surface area contributed by atoms with Crippen LogP contribution in [0.1, 0.15) is 27.2 Å². The molecule has 100 valence electrons. The Labute approximate surface area is 102 Å². The van der Waals surface area contributed by atoms with Gasteiger partial charge in [-0.3, -0.25) is 4.84 Å². The van der Waals surface area contributed by atoms with Crippen LogP contribution < -0.4 is 0 Å². The number of ether oxygens (including phenoxy) is 1. The number of carbonyl (C=O) groups is 1. The number of rotatable bonds is 1. The first kappa shape index (κ1) is 14.2. The molecule has 1 unspecified atom stereocenters. The quantitative estimate of drug-likeness (QED) is 0.706. The molecule has 0 aromatic rings. The lowest BCUT2D eigenvalue weighted by molar-refractivity contribution is -0.163. The van der Waals surface area contributed by atoms with Crippen LogP contribution in [0.25, 0.3) is 0 Å². The van der Waals surface area contributed by atoms with E-state index >= 15 is 0 Å². The number of carbonyl (C=O) groups excluding carboxylic acids is 1. The van der Waals surface area contributed by atoms with Crippen LogP contribution in [0, 0.1) is 0 Å². The molecule has 17 heavy (non-hydrogen) atoms. The fourth-order valence-electron chi connectivity index (χ4n) is 1.38. The molecule has 0 aromatic carbocycles. The van der Waals surface area contributed by atoms with Crippen molar-refractivity contribution in [2.24, 2.45) is 0 Å². The second-order valence-electron chi connectivity index (χ2n) is 5.12. The average Bonchev–Trinajstić information content (AvgIpc) is 2.14. The fourth-order valence-corrected chi connectivity index (χ4v) is 2.22. The van der Waals surface area contributed by atoms with Crippen molar-refractivity contribution in [3.05, 3.63) is 0 Å². The zero-order valence-electron chi connectivity index (χ0n) is 10.6. The Morgan fingerprint density at radius 1 is 1.41 bits per heavy atom. The predicted octanol–water partition coefficient (Wildman–Crippen LogP) is 0.972. The fraction of sp³-hybridized carbons (Fsp3) is 0.900. The zero-order valence-corrected chi connectivity index (χ0v) is 11.4. The van der Waals surface area contributed by atoms with Gasteiger partial charge < -0.3 is 4.74 Å². The second-order valence-corrected chi connectivity index (χ2v) is 7.44. The van der Waals surface area contributed by atoms with Crippen molar-refractivity contribution in [1.82, 2.24) is 5.06 Å². The molecule has 1 amide bonds. The Hall–Kier alpha value is -0.820. The van der Waals surface area contributed by atoms with Crippen molar-refractivity contribution in [1.29, 1.82) is 0 Å². The van der Waals surface area contributed by atoms with Crippen molar-refractivity contribution in [2.75, 3.05) is 19.4 Å². The summed E-state index contributed by atoms with van der Waals surface area (Å²) in [4.78, 5) is 16.7. The number of sulfone groups is 1. The molecule has 0 radical (unpaired) electrons. The Morgan fingerprint density at radius 3 is 2.35 bits per heavy atom. The summed E-state index contributed by atoms with van der Waals surface area (Å²) in [6.45, 7) is 5.50. The molecule has 0 spiro atoms. The largest absolute Gasteiger partial charge is 0.442 e. The molecule has 0 aromatic heterocycles. The van der Waals surface area contributed by atoms with E-state index in [0.717, 1.165) is 5.06 Å². The maximum atomic E-state index is 11.6. The predicted molar refractivity (Wildman–Crippen MR) is 62.1 cm³/mol. The lowest BCUT2D eigenvalue weighted by Gasteiger charge is -2.31. The van der Waals surface area contributed by atoms with E-state index in [4.69, 9.17) is 9.57 Å². The summed E-state index contributed by atoms with van der Waals surface area (Å²) in [6.07, 6.45) is 0.965. The molecule has 1 heterocycles. The van der Waals surface area contributed by atoms with Gasteiger partial charge in [-0.1, -0.05) is 0 Å². The minimum absolute atomic E-state index is 0.00191. The highest BCUT2D eigenvalue weighted by atomic mass is 32.2. The Kier molecular flexibility index (Phi) is 4.03. The topological polar surface area (TPSA) is 72.9 Å². The van der Waals surface area contributed by atoms with E-state index in [1.165, 1.54) is 6.26 Å². The maximum absolute atomic E-state index is 11.6. The van der Waals surface area contributed by atoms with Crippen LogP contribution in [0.4, 0.5) is 4.79 Å². The van der Waals surface area contributed by atoms with E-state index in [2.05, 4.69) is 0 Å². The number of amides is 1. The normalized spacial score (nSPS) is 22.4. The van der Waals surface area contributed by atoms with E-state index in [-0.39, 0.29) is 13.2 Å². The summed E-state index contributed by atoms with van der Waals surface area (Å²) < 4.78 is 27.7. The highest BCUT2D eigenvalue weighted by Crippen LogP contribution is 2.17. The number of hydrogen-bond donors (Lipinski definition) is 0. The first-order valence-electron chi connectivity index (χ1n) is 5.42. The van der Waals surface area contributed by atoms with Gasteiger partial charge in [0, 0.05) is 6.26 Å². The molecule has 7 heteroatoms. The van der Waals surface area contributed by atoms with Gasteiger partial charge in [0.1, 0.15) is 5.60 Å². The van der Waals surface area contributed by atoms with Crippen LogP contribution in [-0.4, -0.2) is 49.8 Å². The molecule has 0 bridgehead atoms. The summed E-state index contributed by atoms with van der Waals surface area (Å²) in [6, 6.07) is 0. The van der Waals surface area contributed by atoms with Gasteiger partial charge in [-0.15, -0.1) is 0 Å². The second kappa shape index (κ2) is 4.81. The van der Waals surface area contributed by atoms with Crippen molar-refractivity contribution in [3.63, 3.8) is 0 Å². The van der Waals surface area contributed by atoms with Crippen molar-refractivity contribution in [3.8, 4) is 0 Å². The van der Waals surface area contributed by atoms with Crippen molar-refractivity contribution in [2.45, 2.75) is 38.0 Å². The summed E-state index contributed by atoms with van der Waals surface area (Å²) in [5.74, 6) is 0. The molecule has 1 fully saturated rings. The molecule has 6 nitrogen and oxygen atoms in total. The van der Waals surface area contributed by atoms with E-state index in [1.54, 1.807) is 20.8 Å². The van der Waals surface area contributed by atoms with Gasteiger partial charge in [0.25, 0.3) is 0 Å². The monoisotopic (exact) mass is 265 g/mol. The highest BCUT2D eigenvalue weighted by Gasteiger charge is 2.32. The zero-order chi connectivity index (χ0) is 13.3. The third-order valence-electron chi connectivity index (χ3n) is 2.27.